The van der Waals surface area contributed by atoms with Crippen LogP contribution in [0.5, 0.6) is 11.5 Å². The topological polar surface area (TPSA) is 104 Å². The highest BCUT2D eigenvalue weighted by Gasteiger charge is 2.18. The molecule has 0 saturated heterocycles. The molecule has 1 heterocycles. The van der Waals surface area contributed by atoms with Crippen molar-refractivity contribution < 1.29 is 19.2 Å². The first-order valence-electron chi connectivity index (χ1n) is 7.20. The van der Waals surface area contributed by atoms with Crippen LogP contribution < -0.4 is 14.8 Å². The Kier molecular flexibility index (Phi) is 4.92. The van der Waals surface area contributed by atoms with Crippen LogP contribution in [0.1, 0.15) is 10.4 Å². The van der Waals surface area contributed by atoms with E-state index < -0.39 is 10.8 Å². The minimum Gasteiger partial charge on any atom is -0.493 e. The maximum atomic E-state index is 12.4. The van der Waals surface area contributed by atoms with Gasteiger partial charge < -0.3 is 9.47 Å². The Morgan fingerprint density at radius 2 is 1.92 bits per heavy atom. The molecule has 0 saturated carbocycles. The summed E-state index contributed by atoms with van der Waals surface area (Å²) in [6, 6.07) is 7.11. The molecule has 134 valence electrons. The zero-order valence-corrected chi connectivity index (χ0v) is 15.2. The molecule has 1 aromatic heterocycles. The van der Waals surface area contributed by atoms with E-state index in [4.69, 9.17) is 21.1 Å². The van der Waals surface area contributed by atoms with Gasteiger partial charge in [-0.3, -0.25) is 20.2 Å². The highest BCUT2D eigenvalue weighted by atomic mass is 35.5. The summed E-state index contributed by atoms with van der Waals surface area (Å²) in [6.45, 7) is 0. The molecule has 1 N–H and O–H groups in total. The third-order valence-corrected chi connectivity index (χ3v) is 4.78. The van der Waals surface area contributed by atoms with Crippen LogP contribution in [0.4, 0.5) is 10.8 Å². The number of aromatic nitrogens is 1. The Bertz CT molecular complexity index is 980. The van der Waals surface area contributed by atoms with E-state index in [1.807, 2.05) is 0 Å². The third kappa shape index (κ3) is 3.39. The van der Waals surface area contributed by atoms with Gasteiger partial charge in [-0.2, -0.15) is 0 Å². The van der Waals surface area contributed by atoms with Crippen LogP contribution >= 0.6 is 22.9 Å². The number of amides is 1. The fourth-order valence-corrected chi connectivity index (χ4v) is 3.35. The number of benzene rings is 2. The molecular weight excluding hydrogens is 382 g/mol. The van der Waals surface area contributed by atoms with Gasteiger partial charge >= 0.3 is 0 Å². The number of hydrogen-bond donors (Lipinski definition) is 1. The van der Waals surface area contributed by atoms with Gasteiger partial charge in [0.1, 0.15) is 0 Å². The number of halogens is 1. The average molecular weight is 394 g/mol. The number of fused-ring (bicyclic) bond motifs is 1. The summed E-state index contributed by atoms with van der Waals surface area (Å²) in [5.74, 6) is 0.477. The highest BCUT2D eigenvalue weighted by molar-refractivity contribution is 7.22. The zero-order valence-electron chi connectivity index (χ0n) is 13.6. The standard InChI is InChI=1S/C16H12ClN3O5S/c1-24-12-6-11-14(7-13(12)25-2)26-16(18-11)19-15(21)9-5-8(20(22)23)3-4-10(9)17/h3-7H,1-2H3,(H,18,19,21). The number of hydrogen-bond acceptors (Lipinski definition) is 7. The molecule has 0 unspecified atom stereocenters. The number of thiazole rings is 1. The Morgan fingerprint density at radius 1 is 1.23 bits per heavy atom. The lowest BCUT2D eigenvalue weighted by molar-refractivity contribution is -0.384. The molecule has 2 aromatic carbocycles. The Balaban J connectivity index is 1.92. The lowest BCUT2D eigenvalue weighted by Gasteiger charge is -2.05. The number of nitrogens with zero attached hydrogens (tertiary/aromatic N) is 2. The van der Waals surface area contributed by atoms with E-state index in [2.05, 4.69) is 10.3 Å². The number of nitro groups is 1. The Morgan fingerprint density at radius 3 is 2.58 bits per heavy atom. The van der Waals surface area contributed by atoms with Crippen LogP contribution in [0.2, 0.25) is 5.02 Å². The quantitative estimate of drug-likeness (QED) is 0.516. The van der Waals surface area contributed by atoms with Crippen molar-refractivity contribution in [3.63, 3.8) is 0 Å². The molecule has 0 aliphatic rings. The average Bonchev–Trinajstić information content (AvgIpc) is 3.01. The van der Waals surface area contributed by atoms with Crippen molar-refractivity contribution >= 4 is 49.9 Å². The molecule has 0 atom stereocenters. The Hall–Kier alpha value is -2.91. The molecule has 0 spiro atoms. The second-order valence-corrected chi connectivity index (χ2v) is 6.51. The van der Waals surface area contributed by atoms with Gasteiger partial charge in [0.05, 0.1) is 39.9 Å². The summed E-state index contributed by atoms with van der Waals surface area (Å²) < 4.78 is 11.2. The van der Waals surface area contributed by atoms with Gasteiger partial charge in [0, 0.05) is 24.3 Å². The van der Waals surface area contributed by atoms with E-state index in [0.717, 1.165) is 10.8 Å². The van der Waals surface area contributed by atoms with Crippen LogP contribution in [-0.4, -0.2) is 30.0 Å². The van der Waals surface area contributed by atoms with Crippen molar-refractivity contribution in [1.29, 1.82) is 0 Å². The Labute approximate surface area is 156 Å². The predicted molar refractivity (Wildman–Crippen MR) is 98.8 cm³/mol. The van der Waals surface area contributed by atoms with E-state index in [-0.39, 0.29) is 16.3 Å². The second kappa shape index (κ2) is 7.14. The molecule has 8 nitrogen and oxygen atoms in total. The summed E-state index contributed by atoms with van der Waals surface area (Å²) in [5, 5.41) is 13.9. The van der Waals surface area contributed by atoms with Crippen molar-refractivity contribution in [3.05, 3.63) is 51.0 Å². The maximum absolute atomic E-state index is 12.4. The molecule has 3 rings (SSSR count). The van der Waals surface area contributed by atoms with Gasteiger partial charge in [0.25, 0.3) is 11.6 Å². The number of carbonyl (C=O) groups is 1. The lowest BCUT2D eigenvalue weighted by atomic mass is 10.2. The monoisotopic (exact) mass is 393 g/mol. The fraction of sp³-hybridized carbons (Fsp3) is 0.125. The normalized spacial score (nSPS) is 10.6. The molecule has 26 heavy (non-hydrogen) atoms. The van der Waals surface area contributed by atoms with Crippen molar-refractivity contribution in [2.75, 3.05) is 19.5 Å². The summed E-state index contributed by atoms with van der Waals surface area (Å²) in [6.07, 6.45) is 0. The number of non-ortho nitro benzene ring substituents is 1. The van der Waals surface area contributed by atoms with Crippen molar-refractivity contribution in [1.82, 2.24) is 4.98 Å². The van der Waals surface area contributed by atoms with Crippen LogP contribution in [0.3, 0.4) is 0 Å². The maximum Gasteiger partial charge on any atom is 0.270 e. The highest BCUT2D eigenvalue weighted by Crippen LogP contribution is 2.36. The van der Waals surface area contributed by atoms with Crippen molar-refractivity contribution in [3.8, 4) is 11.5 Å². The smallest absolute Gasteiger partial charge is 0.270 e. The van der Waals surface area contributed by atoms with E-state index >= 15 is 0 Å². The number of anilines is 1. The number of nitro benzene ring substituents is 1. The molecule has 10 heteroatoms. The first-order chi connectivity index (χ1) is 12.4. The number of carbonyl (C=O) groups excluding carboxylic acids is 1. The van der Waals surface area contributed by atoms with Crippen LogP contribution in [-0.2, 0) is 0 Å². The number of ether oxygens (including phenoxy) is 2. The number of nitrogens with one attached hydrogen (secondary N) is 1. The number of rotatable bonds is 5. The van der Waals surface area contributed by atoms with E-state index in [0.29, 0.717) is 22.1 Å². The molecule has 0 bridgehead atoms. The van der Waals surface area contributed by atoms with Crippen LogP contribution in [0.25, 0.3) is 10.2 Å². The fourth-order valence-electron chi connectivity index (χ4n) is 2.27. The van der Waals surface area contributed by atoms with Gasteiger partial charge in [-0.15, -0.1) is 0 Å². The van der Waals surface area contributed by atoms with Crippen LogP contribution in [0.15, 0.2) is 30.3 Å². The first-order valence-corrected chi connectivity index (χ1v) is 8.40. The molecule has 0 aliphatic heterocycles. The first kappa shape index (κ1) is 17.9. The SMILES string of the molecule is COc1cc2nc(NC(=O)c3cc([N+](=O)[O-])ccc3Cl)sc2cc1OC. The molecule has 3 aromatic rings. The predicted octanol–water partition coefficient (Wildman–Crippen LogP) is 4.13. The van der Waals surface area contributed by atoms with Gasteiger partial charge in [-0.1, -0.05) is 22.9 Å². The molecule has 1 amide bonds. The lowest BCUT2D eigenvalue weighted by Crippen LogP contribution is -2.12. The summed E-state index contributed by atoms with van der Waals surface area (Å²) in [7, 11) is 3.04. The van der Waals surface area contributed by atoms with Crippen LogP contribution in [0, 0.1) is 10.1 Å². The van der Waals surface area contributed by atoms with E-state index in [1.165, 1.54) is 37.7 Å². The number of methoxy groups -OCH3 is 2. The summed E-state index contributed by atoms with van der Waals surface area (Å²) >= 11 is 7.22. The van der Waals surface area contributed by atoms with Crippen molar-refractivity contribution in [2.24, 2.45) is 0 Å². The van der Waals surface area contributed by atoms with Gasteiger partial charge in [-0.05, 0) is 6.07 Å². The third-order valence-electron chi connectivity index (χ3n) is 3.52. The summed E-state index contributed by atoms with van der Waals surface area (Å²) in [5.41, 5.74) is 0.390. The van der Waals surface area contributed by atoms with E-state index in [9.17, 15) is 14.9 Å². The molecule has 0 aliphatic carbocycles. The van der Waals surface area contributed by atoms with Gasteiger partial charge in [0.15, 0.2) is 16.6 Å². The van der Waals surface area contributed by atoms with Gasteiger partial charge in [0.2, 0.25) is 0 Å². The van der Waals surface area contributed by atoms with Gasteiger partial charge in [-0.25, -0.2) is 4.98 Å². The molecule has 0 radical (unpaired) electrons. The largest absolute Gasteiger partial charge is 0.493 e. The minimum atomic E-state index is -0.594. The molecular formula is C16H12ClN3O5S. The minimum absolute atomic E-state index is 0.00437. The second-order valence-electron chi connectivity index (χ2n) is 5.07. The van der Waals surface area contributed by atoms with E-state index in [1.54, 1.807) is 12.1 Å². The summed E-state index contributed by atoms with van der Waals surface area (Å²) in [4.78, 5) is 27.0. The zero-order chi connectivity index (χ0) is 18.8. The van der Waals surface area contributed by atoms with Crippen molar-refractivity contribution in [2.45, 2.75) is 0 Å². The molecule has 0 fully saturated rings.